The Morgan fingerprint density at radius 1 is 1.35 bits per heavy atom. The summed E-state index contributed by atoms with van der Waals surface area (Å²) in [5, 5.41) is 8.36. The molecule has 5 nitrogen and oxygen atoms in total. The van der Waals surface area contributed by atoms with E-state index in [0.717, 1.165) is 6.07 Å². The number of aromatic nitrogens is 1. The van der Waals surface area contributed by atoms with Crippen LogP contribution in [0, 0.1) is 17.1 Å². The lowest BCUT2D eigenvalue weighted by molar-refractivity contribution is 0.584. The molecule has 0 unspecified atom stereocenters. The molecule has 20 heavy (non-hydrogen) atoms. The van der Waals surface area contributed by atoms with Crippen LogP contribution in [0.3, 0.4) is 0 Å². The first kappa shape index (κ1) is 14.0. The van der Waals surface area contributed by atoms with Gasteiger partial charge in [-0.25, -0.2) is 17.8 Å². The van der Waals surface area contributed by atoms with Crippen LogP contribution in [-0.2, 0) is 15.6 Å². The van der Waals surface area contributed by atoms with Gasteiger partial charge in [0, 0.05) is 11.8 Å². The number of nitrogens with two attached hydrogens (primary N) is 1. The Hall–Kier alpha value is -2.46. The number of nitrogens with zero attached hydrogens (tertiary/aromatic N) is 2. The van der Waals surface area contributed by atoms with Crippen LogP contribution in [0.15, 0.2) is 41.6 Å². The van der Waals surface area contributed by atoms with E-state index in [4.69, 9.17) is 11.0 Å². The molecule has 102 valence electrons. The van der Waals surface area contributed by atoms with Crippen LogP contribution in [0.1, 0.15) is 11.1 Å². The van der Waals surface area contributed by atoms with Gasteiger partial charge in [0.05, 0.1) is 23.1 Å². The monoisotopic (exact) mass is 291 g/mol. The standard InChI is InChI=1S/C13H10FN3O2S/c14-11-6-9(7-15)3-4-10(11)8-20(18,19)13-12(16)2-1-5-17-13/h1-6H,8,16H2. The minimum absolute atomic E-state index is 0.0153. The summed E-state index contributed by atoms with van der Waals surface area (Å²) in [5.41, 5.74) is 5.67. The number of hydrogen-bond acceptors (Lipinski definition) is 5. The molecule has 0 bridgehead atoms. The van der Waals surface area contributed by atoms with Crippen molar-refractivity contribution in [2.45, 2.75) is 10.8 Å². The largest absolute Gasteiger partial charge is 0.396 e. The number of anilines is 1. The van der Waals surface area contributed by atoms with Gasteiger partial charge in [0.2, 0.25) is 9.84 Å². The Morgan fingerprint density at radius 2 is 2.10 bits per heavy atom. The van der Waals surface area contributed by atoms with Gasteiger partial charge in [-0.05, 0) is 24.3 Å². The molecule has 1 heterocycles. The Bertz CT molecular complexity index is 798. The molecular formula is C13H10FN3O2S. The van der Waals surface area contributed by atoms with Gasteiger partial charge in [-0.1, -0.05) is 6.07 Å². The summed E-state index contributed by atoms with van der Waals surface area (Å²) in [6.07, 6.45) is 1.30. The Kier molecular flexibility index (Phi) is 3.68. The molecular weight excluding hydrogens is 281 g/mol. The Morgan fingerprint density at radius 3 is 2.70 bits per heavy atom. The smallest absolute Gasteiger partial charge is 0.201 e. The number of hydrogen-bond donors (Lipinski definition) is 1. The maximum atomic E-state index is 13.7. The zero-order valence-electron chi connectivity index (χ0n) is 10.2. The summed E-state index contributed by atoms with van der Waals surface area (Å²) < 4.78 is 38.0. The van der Waals surface area contributed by atoms with Gasteiger partial charge in [-0.3, -0.25) is 0 Å². The maximum Gasteiger partial charge on any atom is 0.201 e. The van der Waals surface area contributed by atoms with E-state index in [0.29, 0.717) is 0 Å². The van der Waals surface area contributed by atoms with Gasteiger partial charge in [-0.2, -0.15) is 5.26 Å². The summed E-state index contributed by atoms with van der Waals surface area (Å²) in [6.45, 7) is 0. The molecule has 2 rings (SSSR count). The van der Waals surface area contributed by atoms with Crippen molar-refractivity contribution in [3.63, 3.8) is 0 Å². The number of rotatable bonds is 3. The molecule has 1 aromatic carbocycles. The molecule has 0 radical (unpaired) electrons. The normalized spacial score (nSPS) is 11.0. The summed E-state index contributed by atoms with van der Waals surface area (Å²) in [5.74, 6) is -1.31. The summed E-state index contributed by atoms with van der Waals surface area (Å²) >= 11 is 0. The second-order valence-electron chi connectivity index (χ2n) is 4.07. The van der Waals surface area contributed by atoms with Crippen LogP contribution in [0.5, 0.6) is 0 Å². The number of pyridine rings is 1. The van der Waals surface area contributed by atoms with E-state index in [9.17, 15) is 12.8 Å². The maximum absolute atomic E-state index is 13.7. The predicted molar refractivity (Wildman–Crippen MR) is 70.7 cm³/mol. The first-order valence-electron chi connectivity index (χ1n) is 5.56. The van der Waals surface area contributed by atoms with Gasteiger partial charge in [0.1, 0.15) is 5.82 Å². The average Bonchev–Trinajstić information content (AvgIpc) is 2.41. The molecule has 0 aliphatic carbocycles. The van der Waals surface area contributed by atoms with Gasteiger partial charge in [0.15, 0.2) is 5.03 Å². The molecule has 0 spiro atoms. The zero-order chi connectivity index (χ0) is 14.8. The van der Waals surface area contributed by atoms with Crippen LogP contribution in [0.25, 0.3) is 0 Å². The summed E-state index contributed by atoms with van der Waals surface area (Å²) in [7, 11) is -3.85. The third-order valence-corrected chi connectivity index (χ3v) is 4.24. The quantitative estimate of drug-likeness (QED) is 0.927. The highest BCUT2D eigenvalue weighted by atomic mass is 32.2. The second kappa shape index (κ2) is 5.27. The van der Waals surface area contributed by atoms with Gasteiger partial charge in [-0.15, -0.1) is 0 Å². The fourth-order valence-corrected chi connectivity index (χ4v) is 3.10. The van der Waals surface area contributed by atoms with Crippen molar-refractivity contribution in [2.75, 3.05) is 5.73 Å². The lowest BCUT2D eigenvalue weighted by Crippen LogP contribution is -2.11. The molecule has 0 atom stereocenters. The molecule has 0 aliphatic rings. The molecule has 2 N–H and O–H groups in total. The topological polar surface area (TPSA) is 96.8 Å². The first-order chi connectivity index (χ1) is 9.44. The number of benzene rings is 1. The van der Waals surface area contributed by atoms with Crippen molar-refractivity contribution in [3.8, 4) is 6.07 Å². The van der Waals surface area contributed by atoms with Gasteiger partial charge < -0.3 is 5.73 Å². The Labute approximate surface area is 115 Å². The van der Waals surface area contributed by atoms with E-state index in [2.05, 4.69) is 4.98 Å². The number of nitriles is 1. The molecule has 7 heteroatoms. The lowest BCUT2D eigenvalue weighted by atomic mass is 10.1. The van der Waals surface area contributed by atoms with E-state index in [-0.39, 0.29) is 21.8 Å². The highest BCUT2D eigenvalue weighted by Crippen LogP contribution is 2.21. The predicted octanol–water partition coefficient (Wildman–Crippen LogP) is 1.65. The fraction of sp³-hybridized carbons (Fsp3) is 0.0769. The molecule has 0 saturated carbocycles. The molecule has 0 amide bonds. The van der Waals surface area contributed by atoms with E-state index in [1.807, 2.05) is 0 Å². The fourth-order valence-electron chi connectivity index (χ4n) is 1.67. The lowest BCUT2D eigenvalue weighted by Gasteiger charge is -2.07. The molecule has 0 fully saturated rings. The molecule has 0 saturated heterocycles. The Balaban J connectivity index is 2.40. The zero-order valence-corrected chi connectivity index (χ0v) is 11.1. The summed E-state index contributed by atoms with van der Waals surface area (Å²) in [6, 6.07) is 8.32. The molecule has 1 aromatic heterocycles. The van der Waals surface area contributed by atoms with Gasteiger partial charge in [0.25, 0.3) is 0 Å². The van der Waals surface area contributed by atoms with Crippen molar-refractivity contribution in [2.24, 2.45) is 0 Å². The number of halogens is 1. The van der Waals surface area contributed by atoms with E-state index < -0.39 is 21.4 Å². The van der Waals surface area contributed by atoms with Crippen LogP contribution >= 0.6 is 0 Å². The van der Waals surface area contributed by atoms with Crippen molar-refractivity contribution in [1.82, 2.24) is 4.98 Å². The third kappa shape index (κ3) is 2.75. The highest BCUT2D eigenvalue weighted by Gasteiger charge is 2.21. The third-order valence-electron chi connectivity index (χ3n) is 2.62. The van der Waals surface area contributed by atoms with Crippen LogP contribution in [0.4, 0.5) is 10.1 Å². The van der Waals surface area contributed by atoms with Crippen molar-refractivity contribution in [3.05, 3.63) is 53.5 Å². The van der Waals surface area contributed by atoms with Crippen molar-refractivity contribution >= 4 is 15.5 Å². The average molecular weight is 291 g/mol. The van der Waals surface area contributed by atoms with E-state index >= 15 is 0 Å². The first-order valence-corrected chi connectivity index (χ1v) is 7.21. The molecule has 0 aliphatic heterocycles. The van der Waals surface area contributed by atoms with Crippen LogP contribution < -0.4 is 5.73 Å². The molecule has 2 aromatic rings. The minimum Gasteiger partial charge on any atom is -0.396 e. The van der Waals surface area contributed by atoms with Crippen molar-refractivity contribution < 1.29 is 12.8 Å². The van der Waals surface area contributed by atoms with Crippen molar-refractivity contribution in [1.29, 1.82) is 5.26 Å². The minimum atomic E-state index is -3.85. The SMILES string of the molecule is N#Cc1ccc(CS(=O)(=O)c2ncccc2N)c(F)c1. The van der Waals surface area contributed by atoms with Crippen LogP contribution in [0.2, 0.25) is 0 Å². The second-order valence-corrected chi connectivity index (χ2v) is 5.98. The number of sulfone groups is 1. The van der Waals surface area contributed by atoms with Gasteiger partial charge >= 0.3 is 0 Å². The van der Waals surface area contributed by atoms with Crippen LogP contribution in [-0.4, -0.2) is 13.4 Å². The number of nitrogen functional groups attached to an aromatic ring is 1. The van der Waals surface area contributed by atoms with E-state index in [1.54, 1.807) is 6.07 Å². The van der Waals surface area contributed by atoms with E-state index in [1.165, 1.54) is 30.5 Å². The summed E-state index contributed by atoms with van der Waals surface area (Å²) in [4.78, 5) is 3.72. The highest BCUT2D eigenvalue weighted by molar-refractivity contribution is 7.90.